The molecule has 0 radical (unpaired) electrons. The van der Waals surface area contributed by atoms with Crippen molar-refractivity contribution in [2.24, 2.45) is 0 Å². The highest BCUT2D eigenvalue weighted by molar-refractivity contribution is 6.37. The molecule has 0 saturated carbocycles. The van der Waals surface area contributed by atoms with E-state index in [4.69, 9.17) is 28.3 Å². The molecule has 0 amide bonds. The predicted octanol–water partition coefficient (Wildman–Crippen LogP) is 6.99. The molecule has 2 heterocycles. The second-order valence-electron chi connectivity index (χ2n) is 7.40. The number of halogens is 2. The van der Waals surface area contributed by atoms with Gasteiger partial charge in [0.15, 0.2) is 0 Å². The van der Waals surface area contributed by atoms with Crippen LogP contribution in [0.3, 0.4) is 0 Å². The number of pyridine rings is 1. The summed E-state index contributed by atoms with van der Waals surface area (Å²) in [6.07, 6.45) is 3.04. The van der Waals surface area contributed by atoms with Crippen LogP contribution in [0.15, 0.2) is 91.3 Å². The van der Waals surface area contributed by atoms with E-state index in [0.29, 0.717) is 21.4 Å². The molecule has 0 fully saturated rings. The predicted molar refractivity (Wildman–Crippen MR) is 131 cm³/mol. The molecule has 7 heteroatoms. The summed E-state index contributed by atoms with van der Waals surface area (Å²) < 4.78 is 1.71. The van der Waals surface area contributed by atoms with E-state index < -0.39 is 0 Å². The minimum atomic E-state index is 0.157. The van der Waals surface area contributed by atoms with E-state index in [-0.39, 0.29) is 11.5 Å². The van der Waals surface area contributed by atoms with Gasteiger partial charge in [-0.1, -0.05) is 53.5 Å². The summed E-state index contributed by atoms with van der Waals surface area (Å²) in [6, 6.07) is 23.6. The largest absolute Gasteiger partial charge is 0.508 e. The van der Waals surface area contributed by atoms with Crippen LogP contribution >= 0.6 is 23.2 Å². The second-order valence-corrected chi connectivity index (χ2v) is 8.21. The molecule has 0 aliphatic heterocycles. The van der Waals surface area contributed by atoms with Crippen LogP contribution in [0.2, 0.25) is 10.0 Å². The van der Waals surface area contributed by atoms with Crippen LogP contribution < -0.4 is 0 Å². The zero-order valence-electron chi connectivity index (χ0n) is 17.2. The zero-order chi connectivity index (χ0) is 22.9. The highest BCUT2D eigenvalue weighted by atomic mass is 35.5. The molecule has 5 aromatic rings. The average Bonchev–Trinajstić information content (AvgIpc) is 3.20. The maximum atomic E-state index is 9.88. The van der Waals surface area contributed by atoms with Crippen molar-refractivity contribution in [3.05, 3.63) is 101 Å². The fourth-order valence-corrected chi connectivity index (χ4v) is 4.30. The fraction of sp³-hybridized carbons (Fsp3) is 0. The molecule has 0 spiro atoms. The standard InChI is InChI=1S/C26H17Cl2N3O2/c27-21-14-29-15-22(28)26(21)31-25(18-8-12-20(33)13-9-18)23(16-4-2-1-3-5-16)24(30-31)17-6-10-19(32)11-7-17/h1-15,32-33H. The van der Waals surface area contributed by atoms with Crippen LogP contribution in [-0.2, 0) is 0 Å². The number of phenols is 2. The molecule has 2 N–H and O–H groups in total. The topological polar surface area (TPSA) is 71.2 Å². The van der Waals surface area contributed by atoms with Gasteiger partial charge in [-0.2, -0.15) is 5.10 Å². The van der Waals surface area contributed by atoms with E-state index in [1.165, 1.54) is 12.4 Å². The Morgan fingerprint density at radius 1 is 0.636 bits per heavy atom. The number of hydrogen-bond acceptors (Lipinski definition) is 4. The highest BCUT2D eigenvalue weighted by Crippen LogP contribution is 2.43. The maximum absolute atomic E-state index is 9.88. The van der Waals surface area contributed by atoms with Crippen LogP contribution in [-0.4, -0.2) is 25.0 Å². The van der Waals surface area contributed by atoms with Gasteiger partial charge in [0.2, 0.25) is 0 Å². The highest BCUT2D eigenvalue weighted by Gasteiger charge is 2.25. The van der Waals surface area contributed by atoms with Gasteiger partial charge in [-0.3, -0.25) is 4.98 Å². The number of nitrogens with zero attached hydrogens (tertiary/aromatic N) is 3. The SMILES string of the molecule is Oc1ccc(-c2nn(-c3c(Cl)cncc3Cl)c(-c3ccc(O)cc3)c2-c2ccccc2)cc1. The second kappa shape index (κ2) is 8.62. The molecular formula is C26H17Cl2N3O2. The van der Waals surface area contributed by atoms with Gasteiger partial charge >= 0.3 is 0 Å². The van der Waals surface area contributed by atoms with Crippen molar-refractivity contribution in [1.82, 2.24) is 14.8 Å². The fourth-order valence-electron chi connectivity index (χ4n) is 3.77. The number of aromatic hydroxyl groups is 2. The molecular weight excluding hydrogens is 457 g/mol. The summed E-state index contributed by atoms with van der Waals surface area (Å²) in [7, 11) is 0. The molecule has 33 heavy (non-hydrogen) atoms. The summed E-state index contributed by atoms with van der Waals surface area (Å²) in [5.41, 5.74) is 5.36. The molecule has 0 bridgehead atoms. The average molecular weight is 474 g/mol. The molecule has 5 rings (SSSR count). The first-order valence-electron chi connectivity index (χ1n) is 10.1. The Labute approximate surface area is 200 Å². The van der Waals surface area contributed by atoms with Crippen LogP contribution in [0.5, 0.6) is 11.5 Å². The molecule has 0 aliphatic rings. The summed E-state index contributed by atoms with van der Waals surface area (Å²) in [6.45, 7) is 0. The van der Waals surface area contributed by atoms with Crippen LogP contribution in [0, 0.1) is 0 Å². The van der Waals surface area contributed by atoms with Gasteiger partial charge in [-0.15, -0.1) is 0 Å². The summed E-state index contributed by atoms with van der Waals surface area (Å²) in [5, 5.41) is 25.3. The first-order valence-corrected chi connectivity index (χ1v) is 10.8. The Hall–Kier alpha value is -3.80. The number of phenolic OH excluding ortho intramolecular Hbond substituents is 2. The molecule has 0 saturated heterocycles. The van der Waals surface area contributed by atoms with Gasteiger partial charge in [0, 0.05) is 29.1 Å². The number of benzene rings is 3. The normalized spacial score (nSPS) is 11.0. The zero-order valence-corrected chi connectivity index (χ0v) is 18.7. The van der Waals surface area contributed by atoms with Crippen LogP contribution in [0.4, 0.5) is 0 Å². The Morgan fingerprint density at radius 3 is 1.76 bits per heavy atom. The third-order valence-corrected chi connectivity index (χ3v) is 5.82. The molecule has 5 nitrogen and oxygen atoms in total. The molecule has 2 aromatic heterocycles. The lowest BCUT2D eigenvalue weighted by Gasteiger charge is -2.13. The quantitative estimate of drug-likeness (QED) is 0.295. The van der Waals surface area contributed by atoms with E-state index >= 15 is 0 Å². The van der Waals surface area contributed by atoms with Crippen molar-refractivity contribution in [2.75, 3.05) is 0 Å². The minimum absolute atomic E-state index is 0.157. The number of rotatable bonds is 4. The third-order valence-electron chi connectivity index (χ3n) is 5.27. The van der Waals surface area contributed by atoms with E-state index in [1.807, 2.05) is 54.6 Å². The summed E-state index contributed by atoms with van der Waals surface area (Å²) in [5.74, 6) is 0.322. The third kappa shape index (κ3) is 3.93. The van der Waals surface area contributed by atoms with Gasteiger partial charge in [0.05, 0.1) is 15.7 Å². The first-order chi connectivity index (χ1) is 16.0. The van der Waals surface area contributed by atoms with Gasteiger partial charge in [0.25, 0.3) is 0 Å². The van der Waals surface area contributed by atoms with Crippen molar-refractivity contribution < 1.29 is 10.2 Å². The summed E-state index contributed by atoms with van der Waals surface area (Å²) in [4.78, 5) is 4.07. The molecule has 0 unspecified atom stereocenters. The maximum Gasteiger partial charge on any atom is 0.115 e. The van der Waals surface area contributed by atoms with Gasteiger partial charge in [0.1, 0.15) is 22.9 Å². The summed E-state index contributed by atoms with van der Waals surface area (Å²) >= 11 is 13.1. The van der Waals surface area contributed by atoms with E-state index in [1.54, 1.807) is 28.9 Å². The lowest BCUT2D eigenvalue weighted by atomic mass is 9.95. The Balaban J connectivity index is 1.92. The first kappa shape index (κ1) is 21.1. The van der Waals surface area contributed by atoms with Crippen molar-refractivity contribution in [2.45, 2.75) is 0 Å². The lowest BCUT2D eigenvalue weighted by molar-refractivity contribution is 0.475. The van der Waals surface area contributed by atoms with Crippen molar-refractivity contribution in [3.63, 3.8) is 0 Å². The Bertz CT molecular complexity index is 1410. The van der Waals surface area contributed by atoms with Crippen LogP contribution in [0.25, 0.3) is 39.3 Å². The van der Waals surface area contributed by atoms with Crippen molar-refractivity contribution in [1.29, 1.82) is 0 Å². The van der Waals surface area contributed by atoms with Crippen LogP contribution in [0.1, 0.15) is 0 Å². The van der Waals surface area contributed by atoms with Crippen molar-refractivity contribution in [3.8, 4) is 50.8 Å². The van der Waals surface area contributed by atoms with Crippen molar-refractivity contribution >= 4 is 23.2 Å². The minimum Gasteiger partial charge on any atom is -0.508 e. The molecule has 0 aliphatic carbocycles. The van der Waals surface area contributed by atoms with Gasteiger partial charge < -0.3 is 10.2 Å². The lowest BCUT2D eigenvalue weighted by Crippen LogP contribution is -2.02. The Morgan fingerprint density at radius 2 is 1.18 bits per heavy atom. The molecule has 0 atom stereocenters. The molecule has 3 aromatic carbocycles. The van der Waals surface area contributed by atoms with E-state index in [2.05, 4.69) is 4.98 Å². The molecule has 162 valence electrons. The van der Waals surface area contributed by atoms with Gasteiger partial charge in [-0.05, 0) is 54.1 Å². The number of hydrogen-bond donors (Lipinski definition) is 2. The van der Waals surface area contributed by atoms with E-state index in [0.717, 1.165) is 27.9 Å². The van der Waals surface area contributed by atoms with Gasteiger partial charge in [-0.25, -0.2) is 4.68 Å². The Kier molecular flexibility index (Phi) is 5.50. The number of aromatic nitrogens is 3. The van der Waals surface area contributed by atoms with E-state index in [9.17, 15) is 10.2 Å². The monoisotopic (exact) mass is 473 g/mol. The smallest absolute Gasteiger partial charge is 0.115 e.